The van der Waals surface area contributed by atoms with Gasteiger partial charge in [-0.2, -0.15) is 0 Å². The zero-order valence-electron chi connectivity index (χ0n) is 15.1. The number of halogens is 2. The number of aryl methyl sites for hydroxylation is 2. The van der Waals surface area contributed by atoms with E-state index < -0.39 is 0 Å². The zero-order chi connectivity index (χ0) is 19.0. The molecule has 0 aliphatic carbocycles. The molecule has 0 aliphatic rings. The summed E-state index contributed by atoms with van der Waals surface area (Å²) in [5.41, 5.74) is 7.21. The van der Waals surface area contributed by atoms with E-state index in [0.717, 1.165) is 28.1 Å². The summed E-state index contributed by atoms with van der Waals surface area (Å²) in [6.45, 7) is 4.18. The number of hydrogen-bond acceptors (Lipinski definition) is 1. The Hall–Kier alpha value is -2.72. The molecule has 4 aromatic rings. The third-order valence-electron chi connectivity index (χ3n) is 4.61. The summed E-state index contributed by atoms with van der Waals surface area (Å²) in [6, 6.07) is 21.4. The van der Waals surface area contributed by atoms with Crippen LogP contribution >= 0.6 is 15.9 Å². The van der Waals surface area contributed by atoms with Crippen LogP contribution in [0.4, 0.5) is 4.39 Å². The minimum absolute atomic E-state index is 0.289. The normalized spacial score (nSPS) is 11.0. The predicted octanol–water partition coefficient (Wildman–Crippen LogP) is 6.93. The van der Waals surface area contributed by atoms with E-state index in [1.165, 1.54) is 17.2 Å². The lowest BCUT2D eigenvalue weighted by Crippen LogP contribution is -1.88. The van der Waals surface area contributed by atoms with Crippen LogP contribution in [0.25, 0.3) is 33.9 Å². The van der Waals surface area contributed by atoms with E-state index in [0.29, 0.717) is 10.3 Å². The highest BCUT2D eigenvalue weighted by atomic mass is 79.9. The van der Waals surface area contributed by atoms with Crippen LogP contribution < -0.4 is 0 Å². The molecule has 0 saturated heterocycles. The number of aromatic nitrogens is 2. The molecule has 0 saturated carbocycles. The Bertz CT molecular complexity index is 1120. The van der Waals surface area contributed by atoms with Gasteiger partial charge in [0.05, 0.1) is 15.9 Å². The fourth-order valence-corrected chi connectivity index (χ4v) is 3.54. The number of benzene rings is 3. The van der Waals surface area contributed by atoms with Gasteiger partial charge in [-0.15, -0.1) is 0 Å². The Morgan fingerprint density at radius 2 is 1.67 bits per heavy atom. The molecule has 0 bridgehead atoms. The molecular weight excluding hydrogens is 403 g/mol. The van der Waals surface area contributed by atoms with Crippen LogP contribution in [0.2, 0.25) is 0 Å². The quantitative estimate of drug-likeness (QED) is 0.382. The van der Waals surface area contributed by atoms with Crippen molar-refractivity contribution in [1.82, 2.24) is 9.97 Å². The first-order chi connectivity index (χ1) is 13.0. The van der Waals surface area contributed by atoms with Crippen LogP contribution in [0.15, 0.2) is 71.2 Å². The van der Waals surface area contributed by atoms with E-state index in [-0.39, 0.29) is 5.82 Å². The van der Waals surface area contributed by atoms with Crippen molar-refractivity contribution >= 4 is 15.9 Å². The molecule has 0 spiro atoms. The topological polar surface area (TPSA) is 28.7 Å². The molecule has 4 rings (SSSR count). The van der Waals surface area contributed by atoms with Gasteiger partial charge in [-0.3, -0.25) is 0 Å². The summed E-state index contributed by atoms with van der Waals surface area (Å²) >= 11 is 3.26. The Morgan fingerprint density at radius 1 is 0.889 bits per heavy atom. The van der Waals surface area contributed by atoms with Crippen molar-refractivity contribution < 1.29 is 4.39 Å². The second-order valence-electron chi connectivity index (χ2n) is 6.62. The fraction of sp³-hybridized carbons (Fsp3) is 0.0870. The van der Waals surface area contributed by atoms with Gasteiger partial charge in [-0.1, -0.05) is 48.0 Å². The molecule has 1 aromatic heterocycles. The minimum Gasteiger partial charge on any atom is -0.337 e. The zero-order valence-corrected chi connectivity index (χ0v) is 16.6. The SMILES string of the molecule is Cc1ccc(C)c(-c2[nH]c(-c3ccc(F)c(Br)c3)nc2-c2ccccc2)c1. The molecule has 0 aliphatic heterocycles. The van der Waals surface area contributed by atoms with E-state index in [9.17, 15) is 4.39 Å². The van der Waals surface area contributed by atoms with Crippen molar-refractivity contribution in [2.45, 2.75) is 13.8 Å². The lowest BCUT2D eigenvalue weighted by Gasteiger charge is -2.08. The van der Waals surface area contributed by atoms with Gasteiger partial charge < -0.3 is 4.98 Å². The number of nitrogens with zero attached hydrogens (tertiary/aromatic N) is 1. The smallest absolute Gasteiger partial charge is 0.138 e. The highest BCUT2D eigenvalue weighted by Gasteiger charge is 2.17. The van der Waals surface area contributed by atoms with E-state index >= 15 is 0 Å². The summed E-state index contributed by atoms with van der Waals surface area (Å²) in [7, 11) is 0. The maximum atomic E-state index is 13.6. The van der Waals surface area contributed by atoms with Crippen molar-refractivity contribution in [2.24, 2.45) is 0 Å². The van der Waals surface area contributed by atoms with Crippen LogP contribution in [0.1, 0.15) is 11.1 Å². The van der Waals surface area contributed by atoms with Crippen molar-refractivity contribution in [1.29, 1.82) is 0 Å². The van der Waals surface area contributed by atoms with Crippen LogP contribution in [0, 0.1) is 19.7 Å². The molecule has 1 heterocycles. The molecule has 3 aromatic carbocycles. The monoisotopic (exact) mass is 420 g/mol. The van der Waals surface area contributed by atoms with Crippen molar-refractivity contribution in [3.63, 3.8) is 0 Å². The number of aromatic amines is 1. The molecule has 0 fully saturated rings. The minimum atomic E-state index is -0.289. The van der Waals surface area contributed by atoms with Gasteiger partial charge in [0.15, 0.2) is 0 Å². The Morgan fingerprint density at radius 3 is 2.41 bits per heavy atom. The maximum Gasteiger partial charge on any atom is 0.138 e. The van der Waals surface area contributed by atoms with Crippen LogP contribution in [0.5, 0.6) is 0 Å². The third-order valence-corrected chi connectivity index (χ3v) is 5.21. The number of hydrogen-bond donors (Lipinski definition) is 1. The fourth-order valence-electron chi connectivity index (χ4n) is 3.16. The van der Waals surface area contributed by atoms with Gasteiger partial charge in [0, 0.05) is 16.7 Å². The van der Waals surface area contributed by atoms with Gasteiger partial charge >= 0.3 is 0 Å². The first kappa shape index (κ1) is 17.7. The van der Waals surface area contributed by atoms with E-state index in [2.05, 4.69) is 65.1 Å². The first-order valence-electron chi connectivity index (χ1n) is 8.71. The summed E-state index contributed by atoms with van der Waals surface area (Å²) in [6.07, 6.45) is 0. The lowest BCUT2D eigenvalue weighted by molar-refractivity contribution is 0.621. The number of imidazole rings is 1. The third kappa shape index (κ3) is 3.45. The second-order valence-corrected chi connectivity index (χ2v) is 7.48. The number of rotatable bonds is 3. The van der Waals surface area contributed by atoms with Crippen LogP contribution in [-0.4, -0.2) is 9.97 Å². The van der Waals surface area contributed by atoms with Gasteiger partial charge in [-0.05, 0) is 59.6 Å². The van der Waals surface area contributed by atoms with Crippen LogP contribution in [-0.2, 0) is 0 Å². The largest absolute Gasteiger partial charge is 0.337 e. The van der Waals surface area contributed by atoms with E-state index in [4.69, 9.17) is 4.98 Å². The molecule has 0 atom stereocenters. The van der Waals surface area contributed by atoms with Crippen LogP contribution in [0.3, 0.4) is 0 Å². The van der Waals surface area contributed by atoms with Crippen molar-refractivity contribution in [3.05, 3.63) is 88.1 Å². The molecule has 134 valence electrons. The highest BCUT2D eigenvalue weighted by molar-refractivity contribution is 9.10. The molecule has 2 nitrogen and oxygen atoms in total. The number of H-pyrrole nitrogens is 1. The average molecular weight is 421 g/mol. The molecule has 4 heteroatoms. The Kier molecular flexibility index (Phi) is 4.66. The Labute approximate surface area is 166 Å². The lowest BCUT2D eigenvalue weighted by atomic mass is 9.99. The molecule has 27 heavy (non-hydrogen) atoms. The maximum absolute atomic E-state index is 13.6. The molecule has 1 N–H and O–H groups in total. The molecule has 0 radical (unpaired) electrons. The van der Waals surface area contributed by atoms with Gasteiger partial charge in [-0.25, -0.2) is 9.37 Å². The van der Waals surface area contributed by atoms with Crippen molar-refractivity contribution in [2.75, 3.05) is 0 Å². The Balaban J connectivity index is 1.95. The average Bonchev–Trinajstić information content (AvgIpc) is 3.12. The summed E-state index contributed by atoms with van der Waals surface area (Å²) < 4.78 is 14.1. The molecular formula is C23H18BrFN2. The van der Waals surface area contributed by atoms with E-state index in [1.807, 2.05) is 18.2 Å². The molecule has 0 amide bonds. The first-order valence-corrected chi connectivity index (χ1v) is 9.50. The standard InChI is InChI=1S/C23H18BrFN2/c1-14-8-9-15(2)18(12-14)22-21(16-6-4-3-5-7-16)26-23(27-22)17-10-11-20(25)19(24)13-17/h3-13H,1-2H3,(H,26,27). The summed E-state index contributed by atoms with van der Waals surface area (Å²) in [5.74, 6) is 0.425. The molecule has 0 unspecified atom stereocenters. The summed E-state index contributed by atoms with van der Waals surface area (Å²) in [4.78, 5) is 8.34. The van der Waals surface area contributed by atoms with Gasteiger partial charge in [0.1, 0.15) is 11.6 Å². The number of nitrogens with one attached hydrogen (secondary N) is 1. The van der Waals surface area contributed by atoms with Crippen molar-refractivity contribution in [3.8, 4) is 33.9 Å². The van der Waals surface area contributed by atoms with E-state index in [1.54, 1.807) is 12.1 Å². The predicted molar refractivity (Wildman–Crippen MR) is 112 cm³/mol. The summed E-state index contributed by atoms with van der Waals surface area (Å²) in [5, 5.41) is 0. The second kappa shape index (κ2) is 7.12. The van der Waals surface area contributed by atoms with Gasteiger partial charge in [0.25, 0.3) is 0 Å². The van der Waals surface area contributed by atoms with Gasteiger partial charge in [0.2, 0.25) is 0 Å². The highest BCUT2D eigenvalue weighted by Crippen LogP contribution is 2.35.